The third kappa shape index (κ3) is 6.86. The van der Waals surface area contributed by atoms with Gasteiger partial charge in [0.05, 0.1) is 30.2 Å². The van der Waals surface area contributed by atoms with Crippen LogP contribution < -0.4 is 11.1 Å². The lowest BCUT2D eigenvalue weighted by molar-refractivity contribution is 0.0923. The second-order valence-electron chi connectivity index (χ2n) is 8.32. The molecule has 0 aliphatic carbocycles. The number of pyridine rings is 1. The highest BCUT2D eigenvalue weighted by Gasteiger charge is 2.22. The standard InChI is InChI=1S/C18H15F3N4O2.C6H12FNO/c1-9(26)10-5-13(20)16(14(21)6-10)17-12(19)3-4-15(24-17)18(27)23-11-7-22-25(2)8-11;7-5-4-9-3-1-2-6(5)8/h3-9,26H,1-2H3,(H,23,27);5-6H,1-4,8H2. The number of aryl methyl sites for hydroxylation is 1. The van der Waals surface area contributed by atoms with Gasteiger partial charge < -0.3 is 20.9 Å². The molecule has 1 aliphatic heterocycles. The van der Waals surface area contributed by atoms with E-state index in [1.807, 2.05) is 0 Å². The maximum Gasteiger partial charge on any atom is 0.274 e. The number of ether oxygens (including phenoxy) is 1. The van der Waals surface area contributed by atoms with Crippen LogP contribution in [0.2, 0.25) is 0 Å². The summed E-state index contributed by atoms with van der Waals surface area (Å²) in [4.78, 5) is 16.1. The van der Waals surface area contributed by atoms with Gasteiger partial charge in [-0.3, -0.25) is 9.48 Å². The van der Waals surface area contributed by atoms with Crippen molar-refractivity contribution in [2.45, 2.75) is 38.1 Å². The first-order valence-corrected chi connectivity index (χ1v) is 11.2. The number of aliphatic hydroxyl groups excluding tert-OH is 1. The highest BCUT2D eigenvalue weighted by Crippen LogP contribution is 2.30. The van der Waals surface area contributed by atoms with Crippen molar-refractivity contribution in [2.24, 2.45) is 12.8 Å². The quantitative estimate of drug-likeness (QED) is 0.463. The Balaban J connectivity index is 0.000000338. The van der Waals surface area contributed by atoms with Gasteiger partial charge in [0.2, 0.25) is 0 Å². The summed E-state index contributed by atoms with van der Waals surface area (Å²) in [5.41, 5.74) is 4.23. The molecule has 3 heterocycles. The molecule has 1 aromatic carbocycles. The predicted octanol–water partition coefficient (Wildman–Crippen LogP) is 3.67. The number of hydrogen-bond acceptors (Lipinski definition) is 6. The number of nitrogens with two attached hydrogens (primary N) is 1. The molecule has 0 bridgehead atoms. The summed E-state index contributed by atoms with van der Waals surface area (Å²) < 4.78 is 61.9. The van der Waals surface area contributed by atoms with Crippen molar-refractivity contribution in [2.75, 3.05) is 18.5 Å². The van der Waals surface area contributed by atoms with Crippen LogP contribution in [-0.4, -0.2) is 51.2 Å². The lowest BCUT2D eigenvalue weighted by atomic mass is 10.0. The van der Waals surface area contributed by atoms with Gasteiger partial charge >= 0.3 is 0 Å². The van der Waals surface area contributed by atoms with Crippen LogP contribution in [-0.2, 0) is 11.8 Å². The number of halogens is 4. The van der Waals surface area contributed by atoms with Gasteiger partial charge in [0.25, 0.3) is 5.91 Å². The molecule has 194 valence electrons. The molecule has 36 heavy (non-hydrogen) atoms. The Bertz CT molecular complexity index is 1170. The number of aromatic nitrogens is 3. The molecule has 2 aromatic heterocycles. The van der Waals surface area contributed by atoms with E-state index in [-0.39, 0.29) is 23.9 Å². The minimum atomic E-state index is -1.10. The third-order valence-electron chi connectivity index (χ3n) is 5.39. The van der Waals surface area contributed by atoms with Crippen LogP contribution in [0.4, 0.5) is 23.2 Å². The van der Waals surface area contributed by atoms with Crippen LogP contribution >= 0.6 is 0 Å². The van der Waals surface area contributed by atoms with E-state index in [0.29, 0.717) is 12.3 Å². The fourth-order valence-electron chi connectivity index (χ4n) is 3.41. The van der Waals surface area contributed by atoms with Crippen LogP contribution in [0.5, 0.6) is 0 Å². The smallest absolute Gasteiger partial charge is 0.274 e. The average Bonchev–Trinajstić information content (AvgIpc) is 3.13. The van der Waals surface area contributed by atoms with Crippen LogP contribution in [0, 0.1) is 17.5 Å². The highest BCUT2D eigenvalue weighted by molar-refractivity contribution is 6.03. The summed E-state index contributed by atoms with van der Waals surface area (Å²) in [6.07, 6.45) is 2.53. The molecule has 1 aliphatic rings. The molecule has 1 saturated heterocycles. The van der Waals surface area contributed by atoms with E-state index in [0.717, 1.165) is 37.1 Å². The molecule has 1 amide bonds. The first-order valence-electron chi connectivity index (χ1n) is 11.2. The van der Waals surface area contributed by atoms with Crippen LogP contribution in [0.25, 0.3) is 11.3 Å². The molecule has 3 aromatic rings. The van der Waals surface area contributed by atoms with Gasteiger partial charge in [-0.25, -0.2) is 22.5 Å². The monoisotopic (exact) mass is 509 g/mol. The Morgan fingerprint density at radius 2 is 1.94 bits per heavy atom. The molecular formula is C24H27F4N5O3. The number of nitrogens with zero attached hydrogens (tertiary/aromatic N) is 3. The summed E-state index contributed by atoms with van der Waals surface area (Å²) in [6, 6.07) is 3.50. The first-order chi connectivity index (χ1) is 17.1. The van der Waals surface area contributed by atoms with Gasteiger partial charge in [-0.05, 0) is 49.6 Å². The van der Waals surface area contributed by atoms with E-state index >= 15 is 0 Å². The molecular weight excluding hydrogens is 482 g/mol. The van der Waals surface area contributed by atoms with Crippen molar-refractivity contribution in [3.05, 3.63) is 65.4 Å². The second-order valence-corrected chi connectivity index (χ2v) is 8.32. The fourth-order valence-corrected chi connectivity index (χ4v) is 3.41. The summed E-state index contributed by atoms with van der Waals surface area (Å²) in [5.74, 6) is -3.87. The maximum atomic E-state index is 14.4. The number of anilines is 1. The van der Waals surface area contributed by atoms with Crippen molar-refractivity contribution in [1.82, 2.24) is 14.8 Å². The summed E-state index contributed by atoms with van der Waals surface area (Å²) in [6.45, 7) is 2.19. The van der Waals surface area contributed by atoms with Gasteiger partial charge in [0.15, 0.2) is 0 Å². The zero-order valence-corrected chi connectivity index (χ0v) is 19.7. The van der Waals surface area contributed by atoms with E-state index in [1.165, 1.54) is 24.0 Å². The molecule has 0 saturated carbocycles. The lowest BCUT2D eigenvalue weighted by Gasteiger charge is -2.11. The first kappa shape index (κ1) is 27.2. The lowest BCUT2D eigenvalue weighted by Crippen LogP contribution is -2.32. The second kappa shape index (κ2) is 12.1. The fraction of sp³-hybridized carbons (Fsp3) is 0.375. The summed E-state index contributed by atoms with van der Waals surface area (Å²) in [5, 5.41) is 15.9. The molecule has 4 N–H and O–H groups in total. The van der Waals surface area contributed by atoms with E-state index in [9.17, 15) is 27.5 Å². The molecule has 8 nitrogen and oxygen atoms in total. The molecule has 1 fully saturated rings. The Hall–Kier alpha value is -3.35. The van der Waals surface area contributed by atoms with Gasteiger partial charge in [-0.1, -0.05) is 0 Å². The van der Waals surface area contributed by atoms with Crippen molar-refractivity contribution in [3.63, 3.8) is 0 Å². The van der Waals surface area contributed by atoms with E-state index < -0.39 is 46.9 Å². The topological polar surface area (TPSA) is 115 Å². The molecule has 0 radical (unpaired) electrons. The van der Waals surface area contributed by atoms with Crippen LogP contribution in [0.1, 0.15) is 41.9 Å². The van der Waals surface area contributed by atoms with Crippen molar-refractivity contribution in [3.8, 4) is 11.3 Å². The normalized spacial score (nSPS) is 18.6. The molecule has 4 rings (SSSR count). The van der Waals surface area contributed by atoms with Crippen LogP contribution in [0.15, 0.2) is 36.7 Å². The van der Waals surface area contributed by atoms with Gasteiger partial charge in [0, 0.05) is 25.9 Å². The van der Waals surface area contributed by atoms with E-state index in [4.69, 9.17) is 10.5 Å². The summed E-state index contributed by atoms with van der Waals surface area (Å²) in [7, 11) is 1.66. The minimum Gasteiger partial charge on any atom is -0.389 e. The predicted molar refractivity (Wildman–Crippen MR) is 124 cm³/mol. The Morgan fingerprint density at radius 3 is 2.56 bits per heavy atom. The third-order valence-corrected chi connectivity index (χ3v) is 5.39. The average molecular weight is 510 g/mol. The van der Waals surface area contributed by atoms with E-state index in [1.54, 1.807) is 7.05 Å². The number of amides is 1. The largest absolute Gasteiger partial charge is 0.389 e. The number of alkyl halides is 1. The van der Waals surface area contributed by atoms with Crippen molar-refractivity contribution < 1.29 is 32.2 Å². The number of carbonyl (C=O) groups is 1. The SMILES string of the molecule is CC(O)c1cc(F)c(-c2nc(C(=O)Nc3cnn(C)c3)ccc2F)c(F)c1.NC1CCCOCC1F. The summed E-state index contributed by atoms with van der Waals surface area (Å²) >= 11 is 0. The van der Waals surface area contributed by atoms with Crippen LogP contribution in [0.3, 0.4) is 0 Å². The number of rotatable bonds is 4. The number of nitrogens with one attached hydrogen (secondary N) is 1. The van der Waals surface area contributed by atoms with E-state index in [2.05, 4.69) is 15.4 Å². The number of aliphatic hydroxyl groups is 1. The van der Waals surface area contributed by atoms with Crippen molar-refractivity contribution in [1.29, 1.82) is 0 Å². The molecule has 12 heteroatoms. The van der Waals surface area contributed by atoms with Gasteiger partial charge in [-0.15, -0.1) is 0 Å². The van der Waals surface area contributed by atoms with Crippen molar-refractivity contribution >= 4 is 11.6 Å². The molecule has 3 atom stereocenters. The zero-order valence-electron chi connectivity index (χ0n) is 19.7. The number of hydrogen-bond donors (Lipinski definition) is 3. The van der Waals surface area contributed by atoms with Gasteiger partial charge in [0.1, 0.15) is 35.0 Å². The highest BCUT2D eigenvalue weighted by atomic mass is 19.1. The van der Waals surface area contributed by atoms with Gasteiger partial charge in [-0.2, -0.15) is 5.10 Å². The maximum absolute atomic E-state index is 14.4. The minimum absolute atomic E-state index is 0.000339. The Kier molecular flexibility index (Phi) is 9.13. The molecule has 0 spiro atoms. The Morgan fingerprint density at radius 1 is 1.25 bits per heavy atom. The zero-order chi connectivity index (χ0) is 26.4. The Labute approximate surface area is 205 Å². The number of benzene rings is 1. The molecule has 3 unspecified atom stereocenters. The number of carbonyl (C=O) groups excluding carboxylic acids is 1.